The van der Waals surface area contributed by atoms with Crippen molar-refractivity contribution in [3.8, 4) is 12.3 Å². The lowest BCUT2D eigenvalue weighted by Crippen LogP contribution is -2.03. The van der Waals surface area contributed by atoms with E-state index >= 15 is 0 Å². The molecule has 3 rings (SSSR count). The first kappa shape index (κ1) is 11.7. The van der Waals surface area contributed by atoms with Crippen LogP contribution < -0.4 is 10.6 Å². The molecule has 1 heterocycles. The predicted octanol–water partition coefficient (Wildman–Crippen LogP) is 3.25. The molecule has 0 saturated heterocycles. The molecule has 2 aromatic rings. The number of terminal acetylenes is 1. The second-order valence-electron chi connectivity index (χ2n) is 4.71. The Morgan fingerprint density at radius 2 is 2.11 bits per heavy atom. The maximum Gasteiger partial charge on any atom is 0.0424 e. The zero-order valence-electron chi connectivity index (χ0n) is 10.7. The second-order valence-corrected chi connectivity index (χ2v) is 4.71. The molecule has 1 aliphatic heterocycles. The Balaban J connectivity index is 1.76. The largest absolute Gasteiger partial charge is 0.384 e. The molecule has 0 amide bonds. The van der Waals surface area contributed by atoms with Gasteiger partial charge in [-0.25, -0.2) is 0 Å². The molecule has 0 radical (unpaired) electrons. The predicted molar refractivity (Wildman–Crippen MR) is 80.3 cm³/mol. The minimum atomic E-state index is 0.810. The molecule has 2 nitrogen and oxygen atoms in total. The summed E-state index contributed by atoms with van der Waals surface area (Å²) in [6, 6.07) is 14.4. The fourth-order valence-corrected chi connectivity index (χ4v) is 2.47. The molecule has 2 aromatic carbocycles. The molecule has 0 spiro atoms. The maximum absolute atomic E-state index is 5.41. The lowest BCUT2D eigenvalue weighted by atomic mass is 10.1. The van der Waals surface area contributed by atoms with Crippen molar-refractivity contribution in [1.29, 1.82) is 0 Å². The maximum atomic E-state index is 5.41. The molecule has 1 aliphatic rings. The van der Waals surface area contributed by atoms with Gasteiger partial charge in [0.2, 0.25) is 0 Å². The summed E-state index contributed by atoms with van der Waals surface area (Å²) in [5.74, 6) is 2.65. The van der Waals surface area contributed by atoms with Crippen LogP contribution in [0.1, 0.15) is 16.7 Å². The summed E-state index contributed by atoms with van der Waals surface area (Å²) >= 11 is 0. The fraction of sp³-hybridized carbons (Fsp3) is 0.176. The molecule has 0 fully saturated rings. The van der Waals surface area contributed by atoms with Crippen LogP contribution in [0.15, 0.2) is 42.5 Å². The third-order valence-electron chi connectivity index (χ3n) is 3.45. The summed E-state index contributed by atoms with van der Waals surface area (Å²) < 4.78 is 0. The number of anilines is 2. The van der Waals surface area contributed by atoms with Gasteiger partial charge < -0.3 is 10.6 Å². The van der Waals surface area contributed by atoms with E-state index in [4.69, 9.17) is 6.42 Å². The second kappa shape index (κ2) is 5.07. The summed E-state index contributed by atoms with van der Waals surface area (Å²) in [5, 5.41) is 6.89. The minimum Gasteiger partial charge on any atom is -0.384 e. The molecule has 19 heavy (non-hydrogen) atoms. The third-order valence-corrected chi connectivity index (χ3v) is 3.45. The Bertz CT molecular complexity index is 638. The average Bonchev–Trinajstić information content (AvgIpc) is 2.94. The Labute approximate surface area is 113 Å². The summed E-state index contributed by atoms with van der Waals surface area (Å²) in [6.45, 7) is 1.85. The average molecular weight is 248 g/mol. The smallest absolute Gasteiger partial charge is 0.0424 e. The fourth-order valence-electron chi connectivity index (χ4n) is 2.47. The first-order chi connectivity index (χ1) is 9.36. The lowest BCUT2D eigenvalue weighted by molar-refractivity contribution is 1.11. The van der Waals surface area contributed by atoms with Gasteiger partial charge in [0.1, 0.15) is 0 Å². The Morgan fingerprint density at radius 3 is 3.00 bits per heavy atom. The Morgan fingerprint density at radius 1 is 1.21 bits per heavy atom. The van der Waals surface area contributed by atoms with Gasteiger partial charge in [-0.1, -0.05) is 30.2 Å². The van der Waals surface area contributed by atoms with E-state index in [0.717, 1.165) is 30.8 Å². The first-order valence-corrected chi connectivity index (χ1v) is 6.52. The van der Waals surface area contributed by atoms with Crippen LogP contribution in [0.25, 0.3) is 0 Å². The molecule has 2 heteroatoms. The minimum absolute atomic E-state index is 0.810. The summed E-state index contributed by atoms with van der Waals surface area (Å²) in [4.78, 5) is 0. The topological polar surface area (TPSA) is 24.1 Å². The SMILES string of the molecule is C#Cc1cccc(NCc2cccc3c2NCC3)c1. The van der Waals surface area contributed by atoms with E-state index in [1.807, 2.05) is 24.3 Å². The number of hydrogen-bond donors (Lipinski definition) is 2. The zero-order valence-corrected chi connectivity index (χ0v) is 10.7. The van der Waals surface area contributed by atoms with Crippen LogP contribution in [0.5, 0.6) is 0 Å². The van der Waals surface area contributed by atoms with E-state index in [9.17, 15) is 0 Å². The molecule has 94 valence electrons. The van der Waals surface area contributed by atoms with Gasteiger partial charge in [-0.05, 0) is 35.7 Å². The zero-order chi connectivity index (χ0) is 13.1. The van der Waals surface area contributed by atoms with Crippen LogP contribution in [-0.2, 0) is 13.0 Å². The number of rotatable bonds is 3. The summed E-state index contributed by atoms with van der Waals surface area (Å²) in [5.41, 5.74) is 5.98. The van der Waals surface area contributed by atoms with Gasteiger partial charge in [0.25, 0.3) is 0 Å². The molecule has 0 atom stereocenters. The number of nitrogens with one attached hydrogen (secondary N) is 2. The van der Waals surface area contributed by atoms with Crippen molar-refractivity contribution in [3.05, 3.63) is 59.2 Å². The van der Waals surface area contributed by atoms with Gasteiger partial charge in [-0.3, -0.25) is 0 Å². The molecule has 0 aliphatic carbocycles. The van der Waals surface area contributed by atoms with E-state index in [0.29, 0.717) is 0 Å². The van der Waals surface area contributed by atoms with E-state index in [2.05, 4.69) is 34.8 Å². The van der Waals surface area contributed by atoms with Crippen LogP contribution in [0, 0.1) is 12.3 Å². The van der Waals surface area contributed by atoms with Crippen molar-refractivity contribution in [2.45, 2.75) is 13.0 Å². The highest BCUT2D eigenvalue weighted by molar-refractivity contribution is 5.62. The Hall–Kier alpha value is -2.40. The molecule has 2 N–H and O–H groups in total. The van der Waals surface area contributed by atoms with Crippen LogP contribution in [-0.4, -0.2) is 6.54 Å². The van der Waals surface area contributed by atoms with Crippen LogP contribution in [0.2, 0.25) is 0 Å². The number of para-hydroxylation sites is 1. The molecular weight excluding hydrogens is 232 g/mol. The standard InChI is InChI=1S/C17H16N2/c1-2-13-5-3-8-16(11-13)19-12-15-7-4-6-14-9-10-18-17(14)15/h1,3-8,11,18-19H,9-10,12H2. The monoisotopic (exact) mass is 248 g/mol. The van der Waals surface area contributed by atoms with Crippen molar-refractivity contribution in [2.24, 2.45) is 0 Å². The van der Waals surface area contributed by atoms with Gasteiger partial charge in [0.05, 0.1) is 0 Å². The van der Waals surface area contributed by atoms with E-state index in [-0.39, 0.29) is 0 Å². The van der Waals surface area contributed by atoms with Crippen molar-refractivity contribution >= 4 is 11.4 Å². The van der Waals surface area contributed by atoms with Gasteiger partial charge >= 0.3 is 0 Å². The lowest BCUT2D eigenvalue weighted by Gasteiger charge is -2.11. The van der Waals surface area contributed by atoms with Crippen LogP contribution in [0.4, 0.5) is 11.4 Å². The third kappa shape index (κ3) is 2.41. The van der Waals surface area contributed by atoms with Gasteiger partial charge in [0.15, 0.2) is 0 Å². The van der Waals surface area contributed by atoms with Gasteiger partial charge in [0, 0.05) is 30.0 Å². The van der Waals surface area contributed by atoms with Crippen molar-refractivity contribution in [1.82, 2.24) is 0 Å². The number of hydrogen-bond acceptors (Lipinski definition) is 2. The van der Waals surface area contributed by atoms with E-state index in [1.165, 1.54) is 16.8 Å². The van der Waals surface area contributed by atoms with E-state index < -0.39 is 0 Å². The highest BCUT2D eigenvalue weighted by Crippen LogP contribution is 2.27. The highest BCUT2D eigenvalue weighted by Gasteiger charge is 2.12. The number of fused-ring (bicyclic) bond motifs is 1. The molecular formula is C17H16N2. The molecule has 0 bridgehead atoms. The highest BCUT2D eigenvalue weighted by atomic mass is 14.9. The first-order valence-electron chi connectivity index (χ1n) is 6.52. The molecule has 0 unspecified atom stereocenters. The molecule has 0 aromatic heterocycles. The van der Waals surface area contributed by atoms with Crippen molar-refractivity contribution in [3.63, 3.8) is 0 Å². The van der Waals surface area contributed by atoms with Crippen LogP contribution in [0.3, 0.4) is 0 Å². The van der Waals surface area contributed by atoms with Crippen molar-refractivity contribution < 1.29 is 0 Å². The van der Waals surface area contributed by atoms with Crippen LogP contribution >= 0.6 is 0 Å². The van der Waals surface area contributed by atoms with Gasteiger partial charge in [-0.2, -0.15) is 0 Å². The molecule has 0 saturated carbocycles. The van der Waals surface area contributed by atoms with Crippen molar-refractivity contribution in [2.75, 3.05) is 17.2 Å². The number of benzene rings is 2. The normalized spacial score (nSPS) is 12.4. The summed E-state index contributed by atoms with van der Waals surface area (Å²) in [6.07, 6.45) is 6.53. The summed E-state index contributed by atoms with van der Waals surface area (Å²) in [7, 11) is 0. The Kier molecular flexibility index (Phi) is 3.12. The quantitative estimate of drug-likeness (QED) is 0.815. The van der Waals surface area contributed by atoms with Gasteiger partial charge in [-0.15, -0.1) is 6.42 Å². The van der Waals surface area contributed by atoms with E-state index in [1.54, 1.807) is 0 Å².